The zero-order chi connectivity index (χ0) is 17.6. The zero-order valence-electron chi connectivity index (χ0n) is 14.4. The van der Waals surface area contributed by atoms with Gasteiger partial charge in [-0.3, -0.25) is 0 Å². The molecule has 1 heteroatoms. The first-order valence-corrected chi connectivity index (χ1v) is 8.71. The Morgan fingerprint density at radius 2 is 0.885 bits per heavy atom. The van der Waals surface area contributed by atoms with Crippen LogP contribution in [0.5, 0.6) is 0 Å². The van der Waals surface area contributed by atoms with E-state index >= 15 is 0 Å². The zero-order valence-corrected chi connectivity index (χ0v) is 14.4. The Balaban J connectivity index is 1.79. The lowest BCUT2D eigenvalue weighted by atomic mass is 10.1. The normalized spacial score (nSPS) is 10.9. The van der Waals surface area contributed by atoms with Gasteiger partial charge in [0.1, 0.15) is 0 Å². The average Bonchev–Trinajstić information content (AvgIpc) is 2.74. The molecule has 0 saturated heterocycles. The highest BCUT2D eigenvalue weighted by Crippen LogP contribution is 2.29. The van der Waals surface area contributed by atoms with Crippen LogP contribution in [0.15, 0.2) is 108 Å². The second-order valence-electron chi connectivity index (χ2n) is 6.10. The van der Waals surface area contributed by atoms with Crippen molar-refractivity contribution >= 4 is 12.2 Å². The van der Waals surface area contributed by atoms with Crippen LogP contribution in [0, 0.1) is 0 Å². The maximum atomic E-state index is 6.21. The van der Waals surface area contributed by atoms with Gasteiger partial charge in [0.05, 0.1) is 23.3 Å². The SMILES string of the molecule is C(=C\c1cc(-c2ccccc2)[o+]c(-c2ccccc2)c1)/c1ccccc1. The molecular weight excluding hydrogens is 316 g/mol. The Morgan fingerprint density at radius 3 is 1.38 bits per heavy atom. The number of hydrogen-bond acceptors (Lipinski definition) is 0. The predicted octanol–water partition coefficient (Wildman–Crippen LogP) is 7.07. The van der Waals surface area contributed by atoms with Crippen LogP contribution in [0.25, 0.3) is 34.8 Å². The highest BCUT2D eigenvalue weighted by molar-refractivity contribution is 5.74. The number of hydrogen-bond donors (Lipinski definition) is 0. The molecule has 0 saturated carbocycles. The Morgan fingerprint density at radius 1 is 0.462 bits per heavy atom. The second-order valence-corrected chi connectivity index (χ2v) is 6.10. The summed E-state index contributed by atoms with van der Waals surface area (Å²) in [6, 6.07) is 34.9. The van der Waals surface area contributed by atoms with E-state index in [1.807, 2.05) is 54.6 Å². The van der Waals surface area contributed by atoms with Crippen LogP contribution in [-0.2, 0) is 0 Å². The van der Waals surface area contributed by atoms with E-state index in [0.29, 0.717) is 0 Å². The highest BCUT2D eigenvalue weighted by atomic mass is 16.3. The monoisotopic (exact) mass is 335 g/mol. The van der Waals surface area contributed by atoms with Gasteiger partial charge in [0.2, 0.25) is 0 Å². The smallest absolute Gasteiger partial charge is 0.207 e. The van der Waals surface area contributed by atoms with Gasteiger partial charge in [0.25, 0.3) is 0 Å². The molecule has 0 bridgehead atoms. The van der Waals surface area contributed by atoms with Gasteiger partial charge in [-0.15, -0.1) is 0 Å². The molecule has 124 valence electrons. The van der Waals surface area contributed by atoms with Crippen molar-refractivity contribution in [1.82, 2.24) is 0 Å². The summed E-state index contributed by atoms with van der Waals surface area (Å²) in [7, 11) is 0. The van der Waals surface area contributed by atoms with Crippen LogP contribution in [-0.4, -0.2) is 0 Å². The Hall–Kier alpha value is -3.45. The van der Waals surface area contributed by atoms with Crippen LogP contribution >= 0.6 is 0 Å². The van der Waals surface area contributed by atoms with Crippen molar-refractivity contribution in [2.45, 2.75) is 0 Å². The molecule has 0 aliphatic carbocycles. The molecule has 0 fully saturated rings. The summed E-state index contributed by atoms with van der Waals surface area (Å²) < 4.78 is 6.21. The molecular formula is C25H19O+. The molecule has 0 aliphatic rings. The summed E-state index contributed by atoms with van der Waals surface area (Å²) in [5, 5.41) is 0. The van der Waals surface area contributed by atoms with Crippen LogP contribution in [0.4, 0.5) is 0 Å². The third-order valence-corrected chi connectivity index (χ3v) is 4.20. The van der Waals surface area contributed by atoms with Crippen molar-refractivity contribution in [3.8, 4) is 22.6 Å². The fourth-order valence-corrected chi connectivity index (χ4v) is 2.86. The third kappa shape index (κ3) is 3.79. The first-order chi connectivity index (χ1) is 12.9. The molecule has 1 nitrogen and oxygen atoms in total. The summed E-state index contributed by atoms with van der Waals surface area (Å²) in [6.45, 7) is 0. The molecule has 0 amide bonds. The Labute approximate surface area is 153 Å². The molecule has 0 unspecified atom stereocenters. The molecule has 0 spiro atoms. The summed E-state index contributed by atoms with van der Waals surface area (Å²) in [5.74, 6) is 1.72. The summed E-state index contributed by atoms with van der Waals surface area (Å²) in [5.41, 5.74) is 4.42. The van der Waals surface area contributed by atoms with Gasteiger partial charge < -0.3 is 0 Å². The van der Waals surface area contributed by atoms with E-state index in [1.165, 1.54) is 5.56 Å². The van der Waals surface area contributed by atoms with Crippen molar-refractivity contribution in [1.29, 1.82) is 0 Å². The summed E-state index contributed by atoms with van der Waals surface area (Å²) in [4.78, 5) is 0. The Kier molecular flexibility index (Phi) is 4.70. The number of benzene rings is 3. The maximum Gasteiger partial charge on any atom is 0.361 e. The molecule has 0 atom stereocenters. The van der Waals surface area contributed by atoms with E-state index in [4.69, 9.17) is 4.42 Å². The third-order valence-electron chi connectivity index (χ3n) is 4.20. The largest absolute Gasteiger partial charge is 0.361 e. The lowest BCUT2D eigenvalue weighted by Gasteiger charge is -1.98. The van der Waals surface area contributed by atoms with Gasteiger partial charge in [0, 0.05) is 0 Å². The van der Waals surface area contributed by atoms with Gasteiger partial charge in [-0.25, -0.2) is 4.42 Å². The molecule has 0 radical (unpaired) electrons. The van der Waals surface area contributed by atoms with E-state index < -0.39 is 0 Å². The van der Waals surface area contributed by atoms with Crippen molar-refractivity contribution in [2.75, 3.05) is 0 Å². The molecule has 3 aromatic carbocycles. The molecule has 26 heavy (non-hydrogen) atoms. The minimum absolute atomic E-state index is 0.861. The van der Waals surface area contributed by atoms with Gasteiger partial charge in [-0.1, -0.05) is 78.9 Å². The molecule has 0 N–H and O–H groups in total. The topological polar surface area (TPSA) is 11.3 Å². The van der Waals surface area contributed by atoms with Crippen LogP contribution < -0.4 is 0 Å². The van der Waals surface area contributed by atoms with Crippen LogP contribution in [0.1, 0.15) is 11.1 Å². The lowest BCUT2D eigenvalue weighted by molar-refractivity contribution is 0.581. The van der Waals surface area contributed by atoms with Crippen LogP contribution in [0.3, 0.4) is 0 Å². The summed E-state index contributed by atoms with van der Waals surface area (Å²) >= 11 is 0. The van der Waals surface area contributed by atoms with Crippen molar-refractivity contribution in [2.24, 2.45) is 0 Å². The van der Waals surface area contributed by atoms with E-state index in [-0.39, 0.29) is 0 Å². The minimum atomic E-state index is 0.861. The lowest BCUT2D eigenvalue weighted by Crippen LogP contribution is -1.84. The molecule has 4 aromatic rings. The first-order valence-electron chi connectivity index (χ1n) is 8.71. The van der Waals surface area contributed by atoms with Gasteiger partial charge in [0.15, 0.2) is 0 Å². The predicted molar refractivity (Wildman–Crippen MR) is 109 cm³/mol. The fourth-order valence-electron chi connectivity index (χ4n) is 2.86. The van der Waals surface area contributed by atoms with Gasteiger partial charge in [-0.2, -0.15) is 0 Å². The van der Waals surface area contributed by atoms with E-state index in [0.717, 1.165) is 28.2 Å². The molecule has 1 aromatic heterocycles. The van der Waals surface area contributed by atoms with Gasteiger partial charge in [-0.05, 0) is 35.4 Å². The molecule has 1 heterocycles. The first kappa shape index (κ1) is 16.0. The van der Waals surface area contributed by atoms with Crippen molar-refractivity contribution < 1.29 is 4.42 Å². The highest BCUT2D eigenvalue weighted by Gasteiger charge is 2.18. The quantitative estimate of drug-likeness (QED) is 0.363. The van der Waals surface area contributed by atoms with Crippen molar-refractivity contribution in [3.63, 3.8) is 0 Å². The Bertz CT molecular complexity index is 946. The van der Waals surface area contributed by atoms with Crippen molar-refractivity contribution in [3.05, 3.63) is 114 Å². The molecule has 4 rings (SSSR count). The molecule has 0 aliphatic heterocycles. The second kappa shape index (κ2) is 7.62. The minimum Gasteiger partial charge on any atom is -0.207 e. The van der Waals surface area contributed by atoms with E-state index in [9.17, 15) is 0 Å². The van der Waals surface area contributed by atoms with E-state index in [1.54, 1.807) is 0 Å². The van der Waals surface area contributed by atoms with E-state index in [2.05, 4.69) is 60.7 Å². The average molecular weight is 335 g/mol. The standard InChI is InChI=1S/C25H19O/c1-4-10-20(11-5-1)16-17-21-18-24(22-12-6-2-7-13-22)26-25(19-21)23-14-8-3-9-15-23/h1-19H/q+1/b17-16+. The van der Waals surface area contributed by atoms with Crippen LogP contribution in [0.2, 0.25) is 0 Å². The summed E-state index contributed by atoms with van der Waals surface area (Å²) in [6.07, 6.45) is 4.25. The fraction of sp³-hybridized carbons (Fsp3) is 0. The van der Waals surface area contributed by atoms with Gasteiger partial charge >= 0.3 is 11.5 Å². The maximum absolute atomic E-state index is 6.21. The number of rotatable bonds is 4.